The van der Waals surface area contributed by atoms with Crippen molar-refractivity contribution in [3.8, 4) is 0 Å². The topological polar surface area (TPSA) is 55.4 Å². The summed E-state index contributed by atoms with van der Waals surface area (Å²) >= 11 is 0. The first kappa shape index (κ1) is 12.1. The van der Waals surface area contributed by atoms with E-state index in [1.807, 2.05) is 30.3 Å². The van der Waals surface area contributed by atoms with Gasteiger partial charge in [-0.2, -0.15) is 0 Å². The predicted molar refractivity (Wildman–Crippen MR) is 59.2 cm³/mol. The van der Waals surface area contributed by atoms with Gasteiger partial charge in [-0.3, -0.25) is 14.4 Å². The molecule has 0 spiro atoms. The molecule has 0 heterocycles. The van der Waals surface area contributed by atoms with Crippen LogP contribution in [0.5, 0.6) is 0 Å². The van der Waals surface area contributed by atoms with Crippen molar-refractivity contribution < 1.29 is 14.4 Å². The van der Waals surface area contributed by atoms with E-state index < -0.39 is 11.7 Å². The molecule has 0 saturated carbocycles. The van der Waals surface area contributed by atoms with Crippen LogP contribution in [0.2, 0.25) is 0 Å². The molecule has 0 radical (unpaired) electrons. The van der Waals surface area contributed by atoms with Crippen molar-refractivity contribution in [3.05, 3.63) is 48.0 Å². The molecule has 0 aromatic heterocycles. The zero-order valence-corrected chi connectivity index (χ0v) is 9.03. The Kier molecular flexibility index (Phi) is 4.42. The molecule has 0 saturated heterocycles. The van der Waals surface area contributed by atoms with Gasteiger partial charge in [-0.1, -0.05) is 36.9 Å². The molecule has 4 heteroatoms. The van der Waals surface area contributed by atoms with Crippen LogP contribution in [-0.2, 0) is 21.0 Å². The fourth-order valence-corrected chi connectivity index (χ4v) is 0.999. The van der Waals surface area contributed by atoms with Crippen LogP contribution in [0.3, 0.4) is 0 Å². The largest absolute Gasteiger partial charge is 0.315 e. The summed E-state index contributed by atoms with van der Waals surface area (Å²) in [6.45, 7) is 5.07. The zero-order chi connectivity index (χ0) is 12.0. The van der Waals surface area contributed by atoms with Gasteiger partial charge >= 0.3 is 5.91 Å². The molecule has 0 aliphatic rings. The summed E-state index contributed by atoms with van der Waals surface area (Å²) in [6, 6.07) is 9.31. The van der Waals surface area contributed by atoms with Crippen LogP contribution in [0.1, 0.15) is 12.5 Å². The van der Waals surface area contributed by atoms with E-state index in [9.17, 15) is 9.59 Å². The maximum absolute atomic E-state index is 11.1. The quantitative estimate of drug-likeness (QED) is 0.462. The number of hydrogen-bond acceptors (Lipinski definition) is 3. The van der Waals surface area contributed by atoms with E-state index in [0.29, 0.717) is 0 Å². The minimum absolute atomic E-state index is 0.181. The van der Waals surface area contributed by atoms with Crippen molar-refractivity contribution in [2.45, 2.75) is 13.5 Å². The highest BCUT2D eigenvalue weighted by atomic mass is 16.7. The van der Waals surface area contributed by atoms with Crippen LogP contribution in [0, 0.1) is 0 Å². The van der Waals surface area contributed by atoms with E-state index in [-0.39, 0.29) is 12.2 Å². The monoisotopic (exact) mass is 219 g/mol. The molecule has 1 amide bonds. The number of rotatable bonds is 5. The average molecular weight is 219 g/mol. The summed E-state index contributed by atoms with van der Waals surface area (Å²) in [5.74, 6) is -1.48. The first-order valence-corrected chi connectivity index (χ1v) is 4.77. The fourth-order valence-electron chi connectivity index (χ4n) is 0.999. The van der Waals surface area contributed by atoms with Gasteiger partial charge in [-0.25, -0.2) is 5.48 Å². The molecule has 0 aliphatic carbocycles. The van der Waals surface area contributed by atoms with Gasteiger partial charge in [-0.15, -0.1) is 0 Å². The smallest absolute Gasteiger partial charge is 0.283 e. The lowest BCUT2D eigenvalue weighted by molar-refractivity contribution is -0.144. The van der Waals surface area contributed by atoms with Crippen LogP contribution in [-0.4, -0.2) is 11.7 Å². The third-order valence-electron chi connectivity index (χ3n) is 1.84. The summed E-state index contributed by atoms with van der Waals surface area (Å²) in [6.07, 6.45) is 0. The molecule has 0 unspecified atom stereocenters. The van der Waals surface area contributed by atoms with E-state index in [1.54, 1.807) is 0 Å². The highest BCUT2D eigenvalue weighted by molar-refractivity contribution is 6.42. The van der Waals surface area contributed by atoms with Crippen LogP contribution in [0.25, 0.3) is 0 Å². The lowest BCUT2D eigenvalue weighted by atomic mass is 10.2. The summed E-state index contributed by atoms with van der Waals surface area (Å²) in [4.78, 5) is 27.1. The Bertz CT molecular complexity index is 398. The molecule has 0 fully saturated rings. The second kappa shape index (κ2) is 5.82. The number of nitrogens with one attached hydrogen (secondary N) is 1. The molecule has 1 N–H and O–H groups in total. The third kappa shape index (κ3) is 3.67. The Morgan fingerprint density at radius 3 is 2.50 bits per heavy atom. The number of benzene rings is 1. The predicted octanol–water partition coefficient (Wildman–Crippen LogP) is 1.38. The Balaban J connectivity index is 2.34. The molecular weight excluding hydrogens is 206 g/mol. The SMILES string of the molecule is C=C(C)C(=O)C(=O)NOCc1ccccc1. The zero-order valence-electron chi connectivity index (χ0n) is 9.03. The molecule has 1 aromatic carbocycles. The molecule has 4 nitrogen and oxygen atoms in total. The maximum Gasteiger partial charge on any atom is 0.315 e. The Labute approximate surface area is 93.9 Å². The third-order valence-corrected chi connectivity index (χ3v) is 1.84. The highest BCUT2D eigenvalue weighted by Crippen LogP contribution is 1.99. The van der Waals surface area contributed by atoms with Gasteiger partial charge < -0.3 is 0 Å². The van der Waals surface area contributed by atoms with Gasteiger partial charge in [0.05, 0.1) is 6.61 Å². The lowest BCUT2D eigenvalue weighted by Crippen LogP contribution is -2.31. The molecular formula is C12H13NO3. The van der Waals surface area contributed by atoms with Crippen molar-refractivity contribution in [3.63, 3.8) is 0 Å². The van der Waals surface area contributed by atoms with Crippen LogP contribution < -0.4 is 5.48 Å². The van der Waals surface area contributed by atoms with Gasteiger partial charge in [0.1, 0.15) is 0 Å². The van der Waals surface area contributed by atoms with Crippen molar-refractivity contribution in [1.29, 1.82) is 0 Å². The van der Waals surface area contributed by atoms with Gasteiger partial charge in [0.2, 0.25) is 5.78 Å². The molecule has 1 aromatic rings. The van der Waals surface area contributed by atoms with Crippen molar-refractivity contribution in [2.24, 2.45) is 0 Å². The first-order chi connectivity index (χ1) is 7.61. The molecule has 0 bridgehead atoms. The van der Waals surface area contributed by atoms with Crippen LogP contribution in [0.4, 0.5) is 0 Å². The molecule has 16 heavy (non-hydrogen) atoms. The van der Waals surface area contributed by atoms with Crippen molar-refractivity contribution >= 4 is 11.7 Å². The number of ketones is 1. The summed E-state index contributed by atoms with van der Waals surface area (Å²) in [7, 11) is 0. The number of hydroxylamine groups is 1. The summed E-state index contributed by atoms with van der Waals surface area (Å²) in [5, 5.41) is 0. The minimum atomic E-state index is -0.802. The Hall–Kier alpha value is -1.94. The van der Waals surface area contributed by atoms with Gasteiger partial charge in [-0.05, 0) is 18.1 Å². The number of amides is 1. The van der Waals surface area contributed by atoms with Gasteiger partial charge in [0, 0.05) is 0 Å². The Morgan fingerprint density at radius 1 is 1.31 bits per heavy atom. The van der Waals surface area contributed by atoms with E-state index >= 15 is 0 Å². The number of Topliss-reactive ketones (excluding diaryl/α,β-unsaturated/α-hetero) is 1. The fraction of sp³-hybridized carbons (Fsp3) is 0.167. The molecule has 0 aliphatic heterocycles. The van der Waals surface area contributed by atoms with E-state index in [4.69, 9.17) is 4.84 Å². The molecule has 0 atom stereocenters. The average Bonchev–Trinajstić information content (AvgIpc) is 2.29. The van der Waals surface area contributed by atoms with E-state index in [2.05, 4.69) is 12.1 Å². The van der Waals surface area contributed by atoms with Crippen LogP contribution >= 0.6 is 0 Å². The Morgan fingerprint density at radius 2 is 1.94 bits per heavy atom. The van der Waals surface area contributed by atoms with Gasteiger partial charge in [0.15, 0.2) is 0 Å². The van der Waals surface area contributed by atoms with Crippen molar-refractivity contribution in [1.82, 2.24) is 5.48 Å². The van der Waals surface area contributed by atoms with E-state index in [1.165, 1.54) is 6.92 Å². The number of hydrogen-bond donors (Lipinski definition) is 1. The maximum atomic E-state index is 11.1. The van der Waals surface area contributed by atoms with Crippen LogP contribution in [0.15, 0.2) is 42.5 Å². The molecule has 1 rings (SSSR count). The summed E-state index contributed by atoms with van der Waals surface area (Å²) in [5.41, 5.74) is 3.15. The number of carbonyl (C=O) groups is 2. The second-order valence-electron chi connectivity index (χ2n) is 3.31. The first-order valence-electron chi connectivity index (χ1n) is 4.77. The highest BCUT2D eigenvalue weighted by Gasteiger charge is 2.13. The number of carbonyl (C=O) groups excluding carboxylic acids is 2. The van der Waals surface area contributed by atoms with Gasteiger partial charge in [0.25, 0.3) is 0 Å². The van der Waals surface area contributed by atoms with Crippen molar-refractivity contribution in [2.75, 3.05) is 0 Å². The summed E-state index contributed by atoms with van der Waals surface area (Å²) < 4.78 is 0. The lowest BCUT2D eigenvalue weighted by Gasteiger charge is -2.04. The standard InChI is InChI=1S/C12H13NO3/c1-9(2)11(14)12(15)13-16-8-10-6-4-3-5-7-10/h3-7H,1,8H2,2H3,(H,13,15). The van der Waals surface area contributed by atoms with E-state index in [0.717, 1.165) is 5.56 Å². The second-order valence-corrected chi connectivity index (χ2v) is 3.31. The molecule has 84 valence electrons. The normalized spacial score (nSPS) is 9.56. The minimum Gasteiger partial charge on any atom is -0.283 e.